The minimum atomic E-state index is -6.57. The third-order valence-corrected chi connectivity index (χ3v) is 2.31. The summed E-state index contributed by atoms with van der Waals surface area (Å²) in [6.07, 6.45) is -13.1. The molecule has 0 aliphatic rings. The Hall–Kier alpha value is -1.55. The smallest absolute Gasteiger partial charge is 0.206 e. The van der Waals surface area contributed by atoms with E-state index in [1.54, 1.807) is 0 Å². The van der Waals surface area contributed by atoms with Gasteiger partial charge in [0.05, 0.1) is 5.56 Å². The van der Waals surface area contributed by atoms with Crippen molar-refractivity contribution in [2.45, 2.75) is 24.2 Å². The molecule has 0 heterocycles. The van der Waals surface area contributed by atoms with Crippen molar-refractivity contribution in [2.24, 2.45) is 0 Å². The zero-order valence-electron chi connectivity index (χ0n) is 9.31. The first-order valence-electron chi connectivity index (χ1n) is 4.74. The number of hydrogen-bond acceptors (Lipinski definition) is 0. The molecule has 0 aliphatic heterocycles. The van der Waals surface area contributed by atoms with E-state index in [4.69, 9.17) is 0 Å². The van der Waals surface area contributed by atoms with Gasteiger partial charge in [-0.3, -0.25) is 0 Å². The fraction of sp³-hybridized carbons (Fsp3) is 0.400. The SMILES string of the molecule is Fc1[c]ccc(C(F)(F)C(F)(F)F)c1C(F)(F)C(F)(F)F. The Balaban J connectivity index is 3.71. The van der Waals surface area contributed by atoms with E-state index in [9.17, 15) is 48.3 Å². The average molecular weight is 331 g/mol. The van der Waals surface area contributed by atoms with E-state index in [0.717, 1.165) is 6.07 Å². The lowest BCUT2D eigenvalue weighted by Crippen LogP contribution is -2.41. The molecule has 0 nitrogen and oxygen atoms in total. The second kappa shape index (κ2) is 4.73. The predicted molar refractivity (Wildman–Crippen MR) is 45.1 cm³/mol. The Morgan fingerprint density at radius 2 is 1.14 bits per heavy atom. The van der Waals surface area contributed by atoms with E-state index in [0.29, 0.717) is 0 Å². The monoisotopic (exact) mass is 331 g/mol. The van der Waals surface area contributed by atoms with Crippen molar-refractivity contribution in [3.8, 4) is 0 Å². The van der Waals surface area contributed by atoms with Gasteiger partial charge in [0.1, 0.15) is 5.82 Å². The molecular formula is C10H2F11. The number of hydrogen-bond donors (Lipinski definition) is 0. The van der Waals surface area contributed by atoms with E-state index in [2.05, 4.69) is 0 Å². The highest BCUT2D eigenvalue weighted by atomic mass is 19.4. The van der Waals surface area contributed by atoms with Crippen LogP contribution in [0.25, 0.3) is 0 Å². The average Bonchev–Trinajstić information content (AvgIpc) is 2.24. The molecule has 0 fully saturated rings. The summed E-state index contributed by atoms with van der Waals surface area (Å²) in [5, 5.41) is 0. The molecule has 11 heteroatoms. The summed E-state index contributed by atoms with van der Waals surface area (Å²) in [5.74, 6) is -15.0. The summed E-state index contributed by atoms with van der Waals surface area (Å²) in [4.78, 5) is 0. The van der Waals surface area contributed by atoms with Crippen LogP contribution in [0.4, 0.5) is 48.3 Å². The second-order valence-electron chi connectivity index (χ2n) is 3.72. The third-order valence-electron chi connectivity index (χ3n) is 2.31. The van der Waals surface area contributed by atoms with Crippen LogP contribution in [0, 0.1) is 11.9 Å². The van der Waals surface area contributed by atoms with Crippen LogP contribution in [0.5, 0.6) is 0 Å². The highest BCUT2D eigenvalue weighted by Crippen LogP contribution is 2.52. The van der Waals surface area contributed by atoms with Gasteiger partial charge in [0, 0.05) is 11.6 Å². The predicted octanol–water partition coefficient (Wildman–Crippen LogP) is 4.93. The van der Waals surface area contributed by atoms with Gasteiger partial charge in [0.2, 0.25) is 0 Å². The van der Waals surface area contributed by atoms with Crippen molar-refractivity contribution >= 4 is 0 Å². The molecule has 1 radical (unpaired) electrons. The summed E-state index contributed by atoms with van der Waals surface area (Å²) in [7, 11) is 0. The van der Waals surface area contributed by atoms with Crippen molar-refractivity contribution < 1.29 is 48.3 Å². The molecule has 1 aromatic carbocycles. The van der Waals surface area contributed by atoms with Crippen molar-refractivity contribution in [3.63, 3.8) is 0 Å². The molecule has 0 aromatic heterocycles. The molecule has 21 heavy (non-hydrogen) atoms. The largest absolute Gasteiger partial charge is 0.458 e. The zero-order chi connectivity index (χ0) is 16.9. The van der Waals surface area contributed by atoms with Gasteiger partial charge in [0.25, 0.3) is 0 Å². The van der Waals surface area contributed by atoms with Crippen LogP contribution in [-0.4, -0.2) is 12.4 Å². The topological polar surface area (TPSA) is 0 Å². The molecule has 0 bridgehead atoms. The normalized spacial score (nSPS) is 14.4. The van der Waals surface area contributed by atoms with Gasteiger partial charge >= 0.3 is 24.2 Å². The maximum absolute atomic E-state index is 13.1. The molecule has 0 unspecified atom stereocenters. The minimum absolute atomic E-state index is 0.0419. The number of benzene rings is 1. The van der Waals surface area contributed by atoms with Gasteiger partial charge < -0.3 is 0 Å². The van der Waals surface area contributed by atoms with Gasteiger partial charge in [0.15, 0.2) is 0 Å². The van der Waals surface area contributed by atoms with Crippen LogP contribution in [0.15, 0.2) is 12.1 Å². The molecule has 0 saturated carbocycles. The third kappa shape index (κ3) is 2.77. The Labute approximate surface area is 109 Å². The Bertz CT molecular complexity index is 523. The molecule has 0 N–H and O–H groups in total. The van der Waals surface area contributed by atoms with E-state index in [1.807, 2.05) is 0 Å². The van der Waals surface area contributed by atoms with E-state index >= 15 is 0 Å². The van der Waals surface area contributed by atoms with E-state index < -0.39 is 47.2 Å². The molecule has 0 amide bonds. The molecule has 119 valence electrons. The highest BCUT2D eigenvalue weighted by Gasteiger charge is 2.66. The van der Waals surface area contributed by atoms with Crippen LogP contribution in [0.3, 0.4) is 0 Å². The minimum Gasteiger partial charge on any atom is -0.206 e. The van der Waals surface area contributed by atoms with Crippen molar-refractivity contribution in [1.82, 2.24) is 0 Å². The molecule has 1 rings (SSSR count). The highest BCUT2D eigenvalue weighted by molar-refractivity contribution is 5.37. The van der Waals surface area contributed by atoms with Gasteiger partial charge in [-0.25, -0.2) is 4.39 Å². The fourth-order valence-corrected chi connectivity index (χ4v) is 1.33. The van der Waals surface area contributed by atoms with Crippen molar-refractivity contribution in [1.29, 1.82) is 0 Å². The first-order valence-corrected chi connectivity index (χ1v) is 4.74. The number of rotatable bonds is 2. The standard InChI is InChI=1S/C10H2F11/c11-5-3-1-2-4(7(12,13)9(16,17)18)6(5)8(14,15)10(19,20)21/h1-2H. The summed E-state index contributed by atoms with van der Waals surface area (Å²) in [5.41, 5.74) is -5.94. The Kier molecular flexibility index (Phi) is 3.95. The zero-order valence-corrected chi connectivity index (χ0v) is 9.31. The molecule has 0 atom stereocenters. The Morgan fingerprint density at radius 1 is 0.714 bits per heavy atom. The molecule has 1 aromatic rings. The van der Waals surface area contributed by atoms with E-state index in [1.165, 1.54) is 0 Å². The quantitative estimate of drug-likeness (QED) is 0.674. The lowest BCUT2D eigenvalue weighted by atomic mass is 9.95. The number of alkyl halides is 10. The fourth-order valence-electron chi connectivity index (χ4n) is 1.33. The number of halogens is 11. The van der Waals surface area contributed by atoms with Crippen LogP contribution in [-0.2, 0) is 11.8 Å². The molecule has 0 spiro atoms. The first-order chi connectivity index (χ1) is 9.14. The van der Waals surface area contributed by atoms with E-state index in [-0.39, 0.29) is 6.07 Å². The van der Waals surface area contributed by atoms with Crippen LogP contribution in [0.1, 0.15) is 11.1 Å². The van der Waals surface area contributed by atoms with Crippen LogP contribution in [0.2, 0.25) is 0 Å². The lowest BCUT2D eigenvalue weighted by molar-refractivity contribution is -0.302. The molecule has 0 aliphatic carbocycles. The van der Waals surface area contributed by atoms with Crippen molar-refractivity contribution in [2.75, 3.05) is 0 Å². The van der Waals surface area contributed by atoms with Gasteiger partial charge in [-0.15, -0.1) is 0 Å². The maximum atomic E-state index is 13.1. The summed E-state index contributed by atoms with van der Waals surface area (Å²) in [6, 6.07) is 0.739. The summed E-state index contributed by atoms with van der Waals surface area (Å²) in [6.45, 7) is 0. The van der Waals surface area contributed by atoms with Gasteiger partial charge in [-0.2, -0.15) is 43.9 Å². The van der Waals surface area contributed by atoms with Gasteiger partial charge in [-0.1, -0.05) is 12.1 Å². The summed E-state index contributed by atoms with van der Waals surface area (Å²) < 4.78 is 138. The van der Waals surface area contributed by atoms with Crippen LogP contribution < -0.4 is 0 Å². The second-order valence-corrected chi connectivity index (χ2v) is 3.72. The molecule has 0 saturated heterocycles. The Morgan fingerprint density at radius 3 is 1.52 bits per heavy atom. The van der Waals surface area contributed by atoms with Crippen molar-refractivity contribution in [3.05, 3.63) is 35.1 Å². The molecular weight excluding hydrogens is 329 g/mol. The first kappa shape index (κ1) is 17.5. The summed E-state index contributed by atoms with van der Waals surface area (Å²) >= 11 is 0. The van der Waals surface area contributed by atoms with Gasteiger partial charge in [-0.05, 0) is 0 Å². The lowest BCUT2D eigenvalue weighted by Gasteiger charge is -2.27. The maximum Gasteiger partial charge on any atom is 0.458 e. The van der Waals surface area contributed by atoms with Crippen LogP contribution >= 0.6 is 0 Å².